The number of benzene rings is 3. The summed E-state index contributed by atoms with van der Waals surface area (Å²) in [5.74, 6) is 0.307. The zero-order valence-corrected chi connectivity index (χ0v) is 18.1. The summed E-state index contributed by atoms with van der Waals surface area (Å²) in [5.41, 5.74) is 1.88. The van der Waals surface area contributed by atoms with E-state index in [4.69, 9.17) is 11.6 Å². The quantitative estimate of drug-likeness (QED) is 0.228. The summed E-state index contributed by atoms with van der Waals surface area (Å²) in [6.07, 6.45) is 0. The molecule has 3 aromatic carbocycles. The lowest BCUT2D eigenvalue weighted by Crippen LogP contribution is -2.14. The van der Waals surface area contributed by atoms with E-state index >= 15 is 0 Å². The third-order valence-corrected chi connectivity index (χ3v) is 5.57. The fraction of sp³-hybridized carbons (Fsp3) is 0.0455. The van der Waals surface area contributed by atoms with E-state index in [0.717, 1.165) is 5.69 Å². The van der Waals surface area contributed by atoms with Crippen LogP contribution in [-0.2, 0) is 4.79 Å². The molecule has 0 saturated heterocycles. The van der Waals surface area contributed by atoms with Gasteiger partial charge in [-0.1, -0.05) is 59.8 Å². The van der Waals surface area contributed by atoms with Crippen molar-refractivity contribution in [3.8, 4) is 17.1 Å². The molecule has 0 saturated carbocycles. The second-order valence-corrected chi connectivity index (χ2v) is 8.01. The normalized spacial score (nSPS) is 10.7. The van der Waals surface area contributed by atoms with Crippen molar-refractivity contribution in [2.75, 3.05) is 11.1 Å². The zero-order chi connectivity index (χ0) is 22.5. The smallest absolute Gasteiger partial charge is 0.270 e. The monoisotopic (exact) mass is 465 g/mol. The van der Waals surface area contributed by atoms with E-state index in [1.807, 2.05) is 30.3 Å². The fourth-order valence-corrected chi connectivity index (χ4v) is 3.95. The first-order valence-corrected chi connectivity index (χ1v) is 10.8. The third kappa shape index (κ3) is 4.96. The van der Waals surface area contributed by atoms with Gasteiger partial charge in [0.15, 0.2) is 11.0 Å². The molecule has 0 spiro atoms. The van der Waals surface area contributed by atoms with Gasteiger partial charge in [-0.05, 0) is 30.3 Å². The summed E-state index contributed by atoms with van der Waals surface area (Å²) in [6.45, 7) is 0. The summed E-state index contributed by atoms with van der Waals surface area (Å²) in [5, 5.41) is 23.5. The molecule has 4 rings (SSSR count). The second-order valence-electron chi connectivity index (χ2n) is 6.63. The number of carbonyl (C=O) groups excluding carboxylic acids is 1. The highest BCUT2D eigenvalue weighted by Crippen LogP contribution is 2.29. The molecule has 1 N–H and O–H groups in total. The standard InChI is InChI=1S/C22H16ClN5O3S/c23-16-7-5-8-17(13-16)24-20(29)14-32-22-26-25-21(27(22)18-9-2-1-3-10-18)15-6-4-11-19(12-15)28(30)31/h1-13H,14H2,(H,24,29). The summed E-state index contributed by atoms with van der Waals surface area (Å²) < 4.78 is 1.77. The molecule has 0 aliphatic heterocycles. The van der Waals surface area contributed by atoms with E-state index in [1.165, 1.54) is 23.9 Å². The Morgan fingerprint density at radius 2 is 1.81 bits per heavy atom. The molecule has 4 aromatic rings. The number of hydrogen-bond donors (Lipinski definition) is 1. The molecule has 10 heteroatoms. The Morgan fingerprint density at radius 3 is 2.56 bits per heavy atom. The minimum absolute atomic E-state index is 0.0415. The van der Waals surface area contributed by atoms with Gasteiger partial charge >= 0.3 is 0 Å². The van der Waals surface area contributed by atoms with Crippen LogP contribution < -0.4 is 5.32 Å². The van der Waals surface area contributed by atoms with Gasteiger partial charge in [0.1, 0.15) is 0 Å². The number of hydrogen-bond acceptors (Lipinski definition) is 6. The van der Waals surface area contributed by atoms with Crippen molar-refractivity contribution in [1.82, 2.24) is 14.8 Å². The van der Waals surface area contributed by atoms with Crippen LogP contribution in [0.4, 0.5) is 11.4 Å². The molecule has 32 heavy (non-hydrogen) atoms. The molecular weight excluding hydrogens is 450 g/mol. The van der Waals surface area contributed by atoms with Gasteiger partial charge in [0.05, 0.1) is 10.7 Å². The number of amides is 1. The number of nitro groups is 1. The van der Waals surface area contributed by atoms with Crippen molar-refractivity contribution in [2.45, 2.75) is 5.16 Å². The van der Waals surface area contributed by atoms with E-state index < -0.39 is 4.92 Å². The van der Waals surface area contributed by atoms with Gasteiger partial charge in [-0.2, -0.15) is 0 Å². The average molecular weight is 466 g/mol. The number of nitro benzene ring substituents is 1. The minimum Gasteiger partial charge on any atom is -0.325 e. The Bertz CT molecular complexity index is 1280. The van der Waals surface area contributed by atoms with Crippen LogP contribution in [0.3, 0.4) is 0 Å². The van der Waals surface area contributed by atoms with Crippen LogP contribution in [0.25, 0.3) is 17.1 Å². The number of para-hydroxylation sites is 1. The van der Waals surface area contributed by atoms with E-state index in [0.29, 0.717) is 27.3 Å². The average Bonchev–Trinajstić information content (AvgIpc) is 3.22. The highest BCUT2D eigenvalue weighted by atomic mass is 35.5. The fourth-order valence-electron chi connectivity index (χ4n) is 3.01. The van der Waals surface area contributed by atoms with Crippen LogP contribution in [0, 0.1) is 10.1 Å². The number of anilines is 1. The predicted molar refractivity (Wildman–Crippen MR) is 124 cm³/mol. The molecule has 0 unspecified atom stereocenters. The maximum Gasteiger partial charge on any atom is 0.270 e. The summed E-state index contributed by atoms with van der Waals surface area (Å²) in [7, 11) is 0. The number of non-ortho nitro benzene ring substituents is 1. The molecule has 160 valence electrons. The molecule has 1 aromatic heterocycles. The molecular formula is C22H16ClN5O3S. The molecule has 0 aliphatic carbocycles. The molecule has 1 amide bonds. The van der Waals surface area contributed by atoms with Crippen LogP contribution >= 0.6 is 23.4 Å². The van der Waals surface area contributed by atoms with Gasteiger partial charge in [0.2, 0.25) is 5.91 Å². The summed E-state index contributed by atoms with van der Waals surface area (Å²) >= 11 is 7.17. The Kier molecular flexibility index (Phi) is 6.48. The first-order chi connectivity index (χ1) is 15.5. The Labute approximate surface area is 192 Å². The Balaban J connectivity index is 1.62. The van der Waals surface area contributed by atoms with Crippen LogP contribution in [0.1, 0.15) is 0 Å². The summed E-state index contributed by atoms with van der Waals surface area (Å²) in [4.78, 5) is 23.2. The van der Waals surface area contributed by atoms with Crippen molar-refractivity contribution in [3.05, 3.63) is 94.0 Å². The SMILES string of the molecule is O=C(CSc1nnc(-c2cccc([N+](=O)[O-])c2)n1-c1ccccc1)Nc1cccc(Cl)c1. The second kappa shape index (κ2) is 9.63. The zero-order valence-electron chi connectivity index (χ0n) is 16.5. The lowest BCUT2D eigenvalue weighted by Gasteiger charge is -2.10. The maximum atomic E-state index is 12.4. The number of nitrogens with one attached hydrogen (secondary N) is 1. The van der Waals surface area contributed by atoms with Crippen LogP contribution in [-0.4, -0.2) is 31.3 Å². The lowest BCUT2D eigenvalue weighted by atomic mass is 10.2. The predicted octanol–water partition coefficient (Wildman–Crippen LogP) is 5.23. The van der Waals surface area contributed by atoms with Gasteiger partial charge < -0.3 is 5.32 Å². The number of rotatable bonds is 7. The molecule has 0 fully saturated rings. The van der Waals surface area contributed by atoms with Crippen molar-refractivity contribution >= 4 is 40.6 Å². The van der Waals surface area contributed by atoms with Gasteiger partial charge in [-0.15, -0.1) is 10.2 Å². The number of aromatic nitrogens is 3. The number of thioether (sulfide) groups is 1. The van der Waals surface area contributed by atoms with Gasteiger partial charge in [0.25, 0.3) is 5.69 Å². The molecule has 1 heterocycles. The van der Waals surface area contributed by atoms with Gasteiger partial charge in [-0.25, -0.2) is 0 Å². The van der Waals surface area contributed by atoms with Crippen molar-refractivity contribution in [2.24, 2.45) is 0 Å². The highest BCUT2D eigenvalue weighted by molar-refractivity contribution is 7.99. The maximum absolute atomic E-state index is 12.4. The molecule has 0 radical (unpaired) electrons. The first-order valence-electron chi connectivity index (χ1n) is 9.45. The lowest BCUT2D eigenvalue weighted by molar-refractivity contribution is -0.384. The minimum atomic E-state index is -0.456. The molecule has 0 bridgehead atoms. The van der Waals surface area contributed by atoms with Crippen molar-refractivity contribution in [3.63, 3.8) is 0 Å². The third-order valence-electron chi connectivity index (χ3n) is 4.40. The van der Waals surface area contributed by atoms with Crippen LogP contribution in [0.15, 0.2) is 84.0 Å². The molecule has 8 nitrogen and oxygen atoms in total. The topological polar surface area (TPSA) is 103 Å². The van der Waals surface area contributed by atoms with Gasteiger partial charge in [-0.3, -0.25) is 19.5 Å². The van der Waals surface area contributed by atoms with E-state index in [2.05, 4.69) is 15.5 Å². The first kappa shape index (κ1) is 21.5. The largest absolute Gasteiger partial charge is 0.325 e. The Morgan fingerprint density at radius 1 is 1.03 bits per heavy atom. The van der Waals surface area contributed by atoms with Crippen LogP contribution in [0.2, 0.25) is 5.02 Å². The summed E-state index contributed by atoms with van der Waals surface area (Å²) in [6, 6.07) is 22.5. The van der Waals surface area contributed by atoms with Crippen LogP contribution in [0.5, 0.6) is 0 Å². The molecule has 0 atom stereocenters. The highest BCUT2D eigenvalue weighted by Gasteiger charge is 2.19. The van der Waals surface area contributed by atoms with E-state index in [9.17, 15) is 14.9 Å². The molecule has 0 aliphatic rings. The van der Waals surface area contributed by atoms with Crippen molar-refractivity contribution < 1.29 is 9.72 Å². The van der Waals surface area contributed by atoms with Gasteiger partial charge in [0, 0.05) is 34.1 Å². The Hall–Kier alpha value is -3.69. The number of halogens is 1. The number of carbonyl (C=O) groups is 1. The number of nitrogens with zero attached hydrogens (tertiary/aromatic N) is 4. The van der Waals surface area contributed by atoms with E-state index in [-0.39, 0.29) is 17.3 Å². The van der Waals surface area contributed by atoms with Crippen molar-refractivity contribution in [1.29, 1.82) is 0 Å². The van der Waals surface area contributed by atoms with E-state index in [1.54, 1.807) is 41.0 Å².